The van der Waals surface area contributed by atoms with Gasteiger partial charge in [-0.1, -0.05) is 30.3 Å². The van der Waals surface area contributed by atoms with E-state index in [9.17, 15) is 0 Å². The Morgan fingerprint density at radius 1 is 1.27 bits per heavy atom. The fourth-order valence-electron chi connectivity index (χ4n) is 2.24. The molecule has 15 heavy (non-hydrogen) atoms. The van der Waals surface area contributed by atoms with Crippen LogP contribution in [-0.2, 0) is 6.42 Å². The number of rotatable bonds is 1. The summed E-state index contributed by atoms with van der Waals surface area (Å²) in [6.07, 6.45) is 2.06. The van der Waals surface area contributed by atoms with Crippen LogP contribution in [0.3, 0.4) is 0 Å². The number of nitrogens with two attached hydrogens (primary N) is 1. The van der Waals surface area contributed by atoms with Gasteiger partial charge >= 0.3 is 0 Å². The van der Waals surface area contributed by atoms with Gasteiger partial charge in [0, 0.05) is 22.9 Å². The van der Waals surface area contributed by atoms with Gasteiger partial charge in [0.15, 0.2) is 0 Å². The van der Waals surface area contributed by atoms with Crippen LogP contribution in [0.5, 0.6) is 0 Å². The molecule has 3 N–H and O–H groups in total. The average molecular weight is 199 g/mol. The standard InChI is InChI=1S/C12H13N3/c13-9-6-7-10-11(9)12(15-14-10)8-4-2-1-3-5-8/h1-5,9H,6-7,13H2,(H,14,15). The van der Waals surface area contributed by atoms with Crippen LogP contribution in [0.1, 0.15) is 23.7 Å². The minimum atomic E-state index is 0.147. The zero-order valence-corrected chi connectivity index (χ0v) is 8.40. The molecule has 0 fully saturated rings. The van der Waals surface area contributed by atoms with E-state index < -0.39 is 0 Å². The highest BCUT2D eigenvalue weighted by atomic mass is 15.1. The van der Waals surface area contributed by atoms with Gasteiger partial charge in [0.1, 0.15) is 0 Å². The molecule has 1 aromatic heterocycles. The Labute approximate surface area is 88.3 Å². The van der Waals surface area contributed by atoms with E-state index in [1.807, 2.05) is 18.2 Å². The molecule has 3 heteroatoms. The third-order valence-corrected chi connectivity index (χ3v) is 3.01. The van der Waals surface area contributed by atoms with Gasteiger partial charge in [0.25, 0.3) is 0 Å². The van der Waals surface area contributed by atoms with Gasteiger partial charge in [0.2, 0.25) is 0 Å². The summed E-state index contributed by atoms with van der Waals surface area (Å²) >= 11 is 0. The molecule has 2 aromatic rings. The van der Waals surface area contributed by atoms with Gasteiger partial charge in [-0.25, -0.2) is 0 Å². The number of nitrogens with zero attached hydrogens (tertiary/aromatic N) is 1. The van der Waals surface area contributed by atoms with E-state index in [2.05, 4.69) is 22.3 Å². The lowest BCUT2D eigenvalue weighted by atomic mass is 10.0. The van der Waals surface area contributed by atoms with Gasteiger partial charge in [-0.15, -0.1) is 0 Å². The third-order valence-electron chi connectivity index (χ3n) is 3.01. The molecular weight excluding hydrogens is 186 g/mol. The zero-order valence-electron chi connectivity index (χ0n) is 8.40. The van der Waals surface area contributed by atoms with E-state index in [0.29, 0.717) is 0 Å². The van der Waals surface area contributed by atoms with Crippen molar-refractivity contribution in [3.8, 4) is 11.3 Å². The largest absolute Gasteiger partial charge is 0.324 e. The summed E-state index contributed by atoms with van der Waals surface area (Å²) in [6, 6.07) is 10.3. The van der Waals surface area contributed by atoms with Gasteiger partial charge < -0.3 is 5.73 Å². The van der Waals surface area contributed by atoms with Crippen molar-refractivity contribution in [2.45, 2.75) is 18.9 Å². The highest BCUT2D eigenvalue weighted by Gasteiger charge is 2.25. The predicted octanol–water partition coefficient (Wildman–Crippen LogP) is 2.02. The maximum Gasteiger partial charge on any atom is 0.0971 e. The van der Waals surface area contributed by atoms with Crippen LogP contribution >= 0.6 is 0 Å². The van der Waals surface area contributed by atoms with E-state index in [0.717, 1.165) is 24.1 Å². The van der Waals surface area contributed by atoms with Crippen LogP contribution in [0.2, 0.25) is 0 Å². The fourth-order valence-corrected chi connectivity index (χ4v) is 2.24. The normalized spacial score (nSPS) is 19.1. The second kappa shape index (κ2) is 3.21. The van der Waals surface area contributed by atoms with E-state index in [4.69, 9.17) is 5.73 Å². The van der Waals surface area contributed by atoms with Crippen LogP contribution in [-0.4, -0.2) is 10.2 Å². The van der Waals surface area contributed by atoms with Gasteiger partial charge in [-0.2, -0.15) is 5.10 Å². The Morgan fingerprint density at radius 3 is 2.87 bits per heavy atom. The Bertz CT molecular complexity index is 473. The first kappa shape index (κ1) is 8.68. The molecule has 3 rings (SSSR count). The van der Waals surface area contributed by atoms with Crippen molar-refractivity contribution >= 4 is 0 Å². The summed E-state index contributed by atoms with van der Waals surface area (Å²) in [4.78, 5) is 0. The molecule has 0 saturated carbocycles. The van der Waals surface area contributed by atoms with Crippen molar-refractivity contribution in [3.05, 3.63) is 41.6 Å². The minimum Gasteiger partial charge on any atom is -0.324 e. The molecule has 3 nitrogen and oxygen atoms in total. The Balaban J connectivity index is 2.15. The Morgan fingerprint density at radius 2 is 2.07 bits per heavy atom. The fraction of sp³-hybridized carbons (Fsp3) is 0.250. The second-order valence-corrected chi connectivity index (χ2v) is 3.98. The molecule has 1 heterocycles. The second-order valence-electron chi connectivity index (χ2n) is 3.98. The third kappa shape index (κ3) is 1.27. The van der Waals surface area contributed by atoms with Crippen molar-refractivity contribution < 1.29 is 0 Å². The number of benzene rings is 1. The van der Waals surface area contributed by atoms with Gasteiger partial charge in [-0.3, -0.25) is 5.10 Å². The molecule has 0 amide bonds. The average Bonchev–Trinajstić information content (AvgIpc) is 2.84. The van der Waals surface area contributed by atoms with Crippen LogP contribution in [0.4, 0.5) is 0 Å². The molecule has 1 aromatic carbocycles. The molecular formula is C12H13N3. The summed E-state index contributed by atoms with van der Waals surface area (Å²) in [5.41, 5.74) is 10.7. The number of aromatic nitrogens is 2. The van der Waals surface area contributed by atoms with E-state index in [1.54, 1.807) is 0 Å². The molecule has 0 saturated heterocycles. The molecule has 76 valence electrons. The van der Waals surface area contributed by atoms with E-state index in [-0.39, 0.29) is 6.04 Å². The lowest BCUT2D eigenvalue weighted by molar-refractivity contribution is 0.705. The van der Waals surface area contributed by atoms with Crippen molar-refractivity contribution in [2.75, 3.05) is 0 Å². The summed E-state index contributed by atoms with van der Waals surface area (Å²) in [5.74, 6) is 0. The minimum absolute atomic E-state index is 0.147. The van der Waals surface area contributed by atoms with Crippen LogP contribution in [0, 0.1) is 0 Å². The van der Waals surface area contributed by atoms with E-state index in [1.165, 1.54) is 11.3 Å². The molecule has 1 aliphatic carbocycles. The maximum absolute atomic E-state index is 6.07. The quantitative estimate of drug-likeness (QED) is 0.738. The first-order valence-corrected chi connectivity index (χ1v) is 5.24. The molecule has 1 aliphatic rings. The first-order valence-electron chi connectivity index (χ1n) is 5.24. The molecule has 1 unspecified atom stereocenters. The lowest BCUT2D eigenvalue weighted by Crippen LogP contribution is -2.06. The summed E-state index contributed by atoms with van der Waals surface area (Å²) in [5, 5.41) is 7.44. The number of hydrogen-bond donors (Lipinski definition) is 2. The monoisotopic (exact) mass is 199 g/mol. The van der Waals surface area contributed by atoms with Crippen molar-refractivity contribution in [1.29, 1.82) is 0 Å². The van der Waals surface area contributed by atoms with Gasteiger partial charge in [0.05, 0.1) is 5.69 Å². The number of aryl methyl sites for hydroxylation is 1. The summed E-state index contributed by atoms with van der Waals surface area (Å²) < 4.78 is 0. The number of H-pyrrole nitrogens is 1. The Kier molecular flexibility index (Phi) is 1.86. The van der Waals surface area contributed by atoms with Gasteiger partial charge in [-0.05, 0) is 12.8 Å². The number of aromatic amines is 1. The highest BCUT2D eigenvalue weighted by Crippen LogP contribution is 2.35. The van der Waals surface area contributed by atoms with Crippen LogP contribution < -0.4 is 5.73 Å². The lowest BCUT2D eigenvalue weighted by Gasteiger charge is -2.04. The SMILES string of the molecule is NC1CCc2[nH]nc(-c3ccccc3)c21. The first-order chi connectivity index (χ1) is 7.36. The number of hydrogen-bond acceptors (Lipinski definition) is 2. The van der Waals surface area contributed by atoms with Crippen LogP contribution in [0.15, 0.2) is 30.3 Å². The van der Waals surface area contributed by atoms with Crippen molar-refractivity contribution in [3.63, 3.8) is 0 Å². The van der Waals surface area contributed by atoms with Crippen LogP contribution in [0.25, 0.3) is 11.3 Å². The predicted molar refractivity (Wildman–Crippen MR) is 59.3 cm³/mol. The van der Waals surface area contributed by atoms with Crippen molar-refractivity contribution in [1.82, 2.24) is 10.2 Å². The number of nitrogens with one attached hydrogen (secondary N) is 1. The van der Waals surface area contributed by atoms with E-state index >= 15 is 0 Å². The topological polar surface area (TPSA) is 54.7 Å². The Hall–Kier alpha value is -1.61. The molecule has 0 bridgehead atoms. The highest BCUT2D eigenvalue weighted by molar-refractivity contribution is 5.65. The molecule has 0 radical (unpaired) electrons. The molecule has 0 aliphatic heterocycles. The smallest absolute Gasteiger partial charge is 0.0971 e. The summed E-state index contributed by atoms with van der Waals surface area (Å²) in [7, 11) is 0. The zero-order chi connectivity index (χ0) is 10.3. The molecule has 0 spiro atoms. The van der Waals surface area contributed by atoms with Crippen molar-refractivity contribution in [2.24, 2.45) is 5.73 Å². The number of fused-ring (bicyclic) bond motifs is 1. The summed E-state index contributed by atoms with van der Waals surface area (Å²) in [6.45, 7) is 0. The maximum atomic E-state index is 6.07. The molecule has 1 atom stereocenters.